The largest absolute Gasteiger partial charge is 0.465 e. The Labute approximate surface area is 49.9 Å². The molecule has 1 aromatic heterocycles. The molecule has 0 aliphatic heterocycles. The third-order valence-electron chi connectivity index (χ3n) is 0.634. The van der Waals surface area contributed by atoms with Gasteiger partial charge in [0.1, 0.15) is 6.33 Å². The Hall–Kier alpha value is -1.59. The molecule has 6 heteroatoms. The van der Waals surface area contributed by atoms with Crippen LogP contribution in [0.25, 0.3) is 0 Å². The van der Waals surface area contributed by atoms with E-state index >= 15 is 0 Å². The zero-order valence-corrected chi connectivity index (χ0v) is 4.33. The van der Waals surface area contributed by atoms with Crippen molar-refractivity contribution in [3.05, 3.63) is 6.33 Å². The van der Waals surface area contributed by atoms with Gasteiger partial charge in [0.15, 0.2) is 0 Å². The number of H-pyrrole nitrogens is 1. The molecule has 1 amide bonds. The molecule has 0 aromatic carbocycles. The van der Waals surface area contributed by atoms with Crippen molar-refractivity contribution in [2.45, 2.75) is 0 Å². The number of nitrogens with zero attached hydrogens (tertiary/aromatic N) is 2. The zero-order chi connectivity index (χ0) is 6.69. The van der Waals surface area contributed by atoms with Gasteiger partial charge in [-0.25, -0.2) is 9.78 Å². The highest BCUT2D eigenvalue weighted by molar-refractivity contribution is 5.79. The van der Waals surface area contributed by atoms with Gasteiger partial charge in [0.05, 0.1) is 0 Å². The molecule has 6 nitrogen and oxygen atoms in total. The third-order valence-corrected chi connectivity index (χ3v) is 0.634. The molecular formula is C3H4N4O2. The second-order valence-electron chi connectivity index (χ2n) is 1.25. The number of nitrogens with one attached hydrogen (secondary N) is 2. The lowest BCUT2D eigenvalue weighted by Gasteiger charge is -1.87. The summed E-state index contributed by atoms with van der Waals surface area (Å²) in [6.07, 6.45) is 0.111. The maximum absolute atomic E-state index is 9.86. The second-order valence-corrected chi connectivity index (χ2v) is 1.25. The molecule has 1 aromatic rings. The van der Waals surface area contributed by atoms with Gasteiger partial charge >= 0.3 is 6.09 Å². The molecule has 0 fully saturated rings. The standard InChI is InChI=1S/C3H4N4O2/c8-3(9)6-2-4-1-5-7-2/h1H,(H,8,9)(H2,4,5,6,7). The van der Waals surface area contributed by atoms with Gasteiger partial charge in [0, 0.05) is 0 Å². The number of carbonyl (C=O) groups is 1. The van der Waals surface area contributed by atoms with E-state index in [0.29, 0.717) is 0 Å². The smallest absolute Gasteiger partial charge is 0.411 e. The van der Waals surface area contributed by atoms with E-state index in [0.717, 1.165) is 0 Å². The predicted octanol–water partition coefficient (Wildman–Crippen LogP) is -0.105. The van der Waals surface area contributed by atoms with Gasteiger partial charge in [-0.05, 0) is 0 Å². The van der Waals surface area contributed by atoms with E-state index in [1.54, 1.807) is 0 Å². The molecule has 48 valence electrons. The number of aromatic amines is 1. The quantitative estimate of drug-likeness (QED) is 0.492. The summed E-state index contributed by atoms with van der Waals surface area (Å²) in [7, 11) is 0. The monoisotopic (exact) mass is 128 g/mol. The molecule has 0 aliphatic carbocycles. The number of carboxylic acid groups (broad SMARTS) is 1. The molecule has 9 heavy (non-hydrogen) atoms. The van der Waals surface area contributed by atoms with Gasteiger partial charge in [0.25, 0.3) is 5.95 Å². The van der Waals surface area contributed by atoms with Crippen molar-refractivity contribution < 1.29 is 9.90 Å². The molecule has 3 N–H and O–H groups in total. The van der Waals surface area contributed by atoms with Crippen molar-refractivity contribution in [1.82, 2.24) is 15.2 Å². The number of hydrogen-bond acceptors (Lipinski definition) is 3. The van der Waals surface area contributed by atoms with Crippen LogP contribution >= 0.6 is 0 Å². The fraction of sp³-hybridized carbons (Fsp3) is 0. The summed E-state index contributed by atoms with van der Waals surface area (Å²) in [6, 6.07) is 0. The summed E-state index contributed by atoms with van der Waals surface area (Å²) in [6.45, 7) is 0. The predicted molar refractivity (Wildman–Crippen MR) is 28.0 cm³/mol. The molecule has 0 saturated carbocycles. The SMILES string of the molecule is O=C(O)Nc1nc[nH]n1. The summed E-state index contributed by atoms with van der Waals surface area (Å²) in [5, 5.41) is 15.8. The fourth-order valence-electron chi connectivity index (χ4n) is 0.365. The van der Waals surface area contributed by atoms with Crippen molar-refractivity contribution in [3.63, 3.8) is 0 Å². The maximum Gasteiger partial charge on any atom is 0.411 e. The van der Waals surface area contributed by atoms with Crippen LogP contribution in [0.5, 0.6) is 0 Å². The van der Waals surface area contributed by atoms with Gasteiger partial charge in [0.2, 0.25) is 0 Å². The number of hydrogen-bond donors (Lipinski definition) is 3. The van der Waals surface area contributed by atoms with Gasteiger partial charge in [-0.2, -0.15) is 0 Å². The highest BCUT2D eigenvalue weighted by atomic mass is 16.4. The van der Waals surface area contributed by atoms with Crippen LogP contribution in [-0.2, 0) is 0 Å². The number of rotatable bonds is 1. The lowest BCUT2D eigenvalue weighted by molar-refractivity contribution is 0.209. The van der Waals surface area contributed by atoms with Crippen LogP contribution in [0.15, 0.2) is 6.33 Å². The van der Waals surface area contributed by atoms with Crippen LogP contribution < -0.4 is 5.32 Å². The molecule has 1 rings (SSSR count). The first kappa shape index (κ1) is 5.54. The Morgan fingerprint density at radius 1 is 1.89 bits per heavy atom. The Kier molecular flexibility index (Phi) is 1.31. The van der Waals surface area contributed by atoms with E-state index in [4.69, 9.17) is 5.11 Å². The van der Waals surface area contributed by atoms with Gasteiger partial charge in [-0.1, -0.05) is 0 Å². The van der Waals surface area contributed by atoms with Crippen LogP contribution in [0.4, 0.5) is 10.7 Å². The molecule has 0 aliphatic rings. The maximum atomic E-state index is 9.86. The minimum Gasteiger partial charge on any atom is -0.465 e. The topological polar surface area (TPSA) is 90.9 Å². The third kappa shape index (κ3) is 1.41. The Morgan fingerprint density at radius 3 is 3.11 bits per heavy atom. The molecule has 0 spiro atoms. The molecule has 1 heterocycles. The Bertz CT molecular complexity index is 194. The van der Waals surface area contributed by atoms with Crippen LogP contribution in [-0.4, -0.2) is 26.4 Å². The van der Waals surface area contributed by atoms with Crippen molar-refractivity contribution in [3.8, 4) is 0 Å². The average molecular weight is 128 g/mol. The van der Waals surface area contributed by atoms with Crippen LogP contribution in [0.3, 0.4) is 0 Å². The van der Waals surface area contributed by atoms with Crippen molar-refractivity contribution in [2.24, 2.45) is 0 Å². The summed E-state index contributed by atoms with van der Waals surface area (Å²) in [5.41, 5.74) is 0. The van der Waals surface area contributed by atoms with E-state index in [-0.39, 0.29) is 5.95 Å². The minimum absolute atomic E-state index is 0.0579. The van der Waals surface area contributed by atoms with Gasteiger partial charge in [-0.15, -0.1) is 5.10 Å². The van der Waals surface area contributed by atoms with Crippen molar-refractivity contribution in [1.29, 1.82) is 0 Å². The molecule has 0 unspecified atom stereocenters. The van der Waals surface area contributed by atoms with Crippen LogP contribution in [0.2, 0.25) is 0 Å². The van der Waals surface area contributed by atoms with E-state index in [1.807, 2.05) is 5.32 Å². The first-order valence-corrected chi connectivity index (χ1v) is 2.15. The molecule has 0 radical (unpaired) electrons. The minimum atomic E-state index is -1.17. The number of anilines is 1. The first-order chi connectivity index (χ1) is 4.29. The van der Waals surface area contributed by atoms with Crippen molar-refractivity contribution in [2.75, 3.05) is 5.32 Å². The van der Waals surface area contributed by atoms with E-state index < -0.39 is 6.09 Å². The van der Waals surface area contributed by atoms with Crippen LogP contribution in [0.1, 0.15) is 0 Å². The Balaban J connectivity index is 2.58. The summed E-state index contributed by atoms with van der Waals surface area (Å²) in [5.74, 6) is 0.0579. The lowest BCUT2D eigenvalue weighted by atomic mass is 10.9. The summed E-state index contributed by atoms with van der Waals surface area (Å²) in [4.78, 5) is 13.4. The lowest BCUT2D eigenvalue weighted by Crippen LogP contribution is -2.08. The van der Waals surface area contributed by atoms with Crippen molar-refractivity contribution >= 4 is 12.0 Å². The highest BCUT2D eigenvalue weighted by Crippen LogP contribution is 1.89. The van der Waals surface area contributed by atoms with E-state index in [1.165, 1.54) is 6.33 Å². The van der Waals surface area contributed by atoms with Crippen LogP contribution in [0, 0.1) is 0 Å². The fourth-order valence-corrected chi connectivity index (χ4v) is 0.365. The number of aromatic nitrogens is 3. The normalized spacial score (nSPS) is 8.89. The summed E-state index contributed by atoms with van der Waals surface area (Å²) >= 11 is 0. The number of amides is 1. The first-order valence-electron chi connectivity index (χ1n) is 2.15. The molecular weight excluding hydrogens is 124 g/mol. The van der Waals surface area contributed by atoms with Gasteiger partial charge in [-0.3, -0.25) is 10.4 Å². The Morgan fingerprint density at radius 2 is 2.67 bits per heavy atom. The molecule has 0 saturated heterocycles. The van der Waals surface area contributed by atoms with E-state index in [2.05, 4.69) is 15.2 Å². The zero-order valence-electron chi connectivity index (χ0n) is 4.33. The van der Waals surface area contributed by atoms with E-state index in [9.17, 15) is 4.79 Å². The molecule has 0 atom stereocenters. The molecule has 0 bridgehead atoms. The summed E-state index contributed by atoms with van der Waals surface area (Å²) < 4.78 is 0. The van der Waals surface area contributed by atoms with Gasteiger partial charge < -0.3 is 5.11 Å². The second kappa shape index (κ2) is 2.12. The average Bonchev–Trinajstić information content (AvgIpc) is 2.15. The highest BCUT2D eigenvalue weighted by Gasteiger charge is 1.97.